The molecular formula is C13H13ClN4O. The van der Waals surface area contributed by atoms with Crippen LogP contribution in [0.1, 0.15) is 16.2 Å². The topological polar surface area (TPSA) is 64.2 Å². The van der Waals surface area contributed by atoms with Crippen LogP contribution in [0.4, 0.5) is 5.69 Å². The van der Waals surface area contributed by atoms with Gasteiger partial charge in [-0.05, 0) is 18.2 Å². The molecule has 19 heavy (non-hydrogen) atoms. The van der Waals surface area contributed by atoms with Crippen molar-refractivity contribution in [2.75, 3.05) is 12.3 Å². The average Bonchev–Trinajstić information content (AvgIpc) is 2.83. The summed E-state index contributed by atoms with van der Waals surface area (Å²) in [7, 11) is 0. The number of nitrogen functional groups attached to an aromatic ring is 1. The fourth-order valence-electron chi connectivity index (χ4n) is 2.27. The van der Waals surface area contributed by atoms with Crippen LogP contribution >= 0.6 is 11.6 Å². The van der Waals surface area contributed by atoms with E-state index in [0.29, 0.717) is 29.4 Å². The summed E-state index contributed by atoms with van der Waals surface area (Å²) < 4.78 is 2.05. The van der Waals surface area contributed by atoms with Gasteiger partial charge in [0.15, 0.2) is 0 Å². The number of benzene rings is 1. The number of carbonyl (C=O) groups excluding carboxylic acids is 1. The number of hydrogen-bond donors (Lipinski definition) is 1. The summed E-state index contributed by atoms with van der Waals surface area (Å²) in [6.07, 6.45) is 3.68. The van der Waals surface area contributed by atoms with Gasteiger partial charge in [0, 0.05) is 41.8 Å². The summed E-state index contributed by atoms with van der Waals surface area (Å²) in [5.74, 6) is 0.832. The van der Waals surface area contributed by atoms with Gasteiger partial charge in [0.25, 0.3) is 5.91 Å². The Bertz CT molecular complexity index is 617. The molecule has 0 saturated heterocycles. The van der Waals surface area contributed by atoms with Gasteiger partial charge < -0.3 is 15.2 Å². The summed E-state index contributed by atoms with van der Waals surface area (Å²) >= 11 is 5.93. The largest absolute Gasteiger partial charge is 0.399 e. The molecule has 3 rings (SSSR count). The second-order valence-corrected chi connectivity index (χ2v) is 4.97. The van der Waals surface area contributed by atoms with Crippen molar-refractivity contribution in [2.24, 2.45) is 0 Å². The molecule has 0 aliphatic carbocycles. The maximum absolute atomic E-state index is 12.4. The summed E-state index contributed by atoms with van der Waals surface area (Å²) in [4.78, 5) is 18.4. The van der Waals surface area contributed by atoms with E-state index >= 15 is 0 Å². The Morgan fingerprint density at radius 3 is 2.95 bits per heavy atom. The molecule has 0 spiro atoms. The Morgan fingerprint density at radius 1 is 1.32 bits per heavy atom. The van der Waals surface area contributed by atoms with Crippen LogP contribution in [0, 0.1) is 0 Å². The molecule has 98 valence electrons. The van der Waals surface area contributed by atoms with E-state index in [-0.39, 0.29) is 5.91 Å². The first-order valence-electron chi connectivity index (χ1n) is 5.99. The molecule has 1 aliphatic heterocycles. The first kappa shape index (κ1) is 12.0. The van der Waals surface area contributed by atoms with Crippen molar-refractivity contribution in [3.05, 3.63) is 47.0 Å². The zero-order valence-corrected chi connectivity index (χ0v) is 11.0. The molecular weight excluding hydrogens is 264 g/mol. The van der Waals surface area contributed by atoms with Gasteiger partial charge in [0.2, 0.25) is 0 Å². The highest BCUT2D eigenvalue weighted by atomic mass is 35.5. The molecule has 2 N–H and O–H groups in total. The van der Waals surface area contributed by atoms with Crippen LogP contribution < -0.4 is 5.73 Å². The van der Waals surface area contributed by atoms with Gasteiger partial charge in [-0.1, -0.05) is 11.6 Å². The third-order valence-corrected chi connectivity index (χ3v) is 3.42. The molecule has 2 aromatic rings. The van der Waals surface area contributed by atoms with Crippen LogP contribution in [0.15, 0.2) is 30.6 Å². The zero-order chi connectivity index (χ0) is 13.4. The highest BCUT2D eigenvalue weighted by molar-refractivity contribution is 6.31. The number of imidazole rings is 1. The minimum Gasteiger partial charge on any atom is -0.399 e. The lowest BCUT2D eigenvalue weighted by Crippen LogP contribution is -2.38. The smallest absolute Gasteiger partial charge is 0.254 e. The van der Waals surface area contributed by atoms with Crippen molar-refractivity contribution >= 4 is 23.2 Å². The van der Waals surface area contributed by atoms with E-state index in [1.54, 1.807) is 29.3 Å². The van der Waals surface area contributed by atoms with Crippen LogP contribution in [0.5, 0.6) is 0 Å². The maximum Gasteiger partial charge on any atom is 0.254 e. The molecule has 6 heteroatoms. The summed E-state index contributed by atoms with van der Waals surface area (Å²) in [6.45, 7) is 1.93. The maximum atomic E-state index is 12.4. The van der Waals surface area contributed by atoms with Crippen molar-refractivity contribution in [2.45, 2.75) is 13.1 Å². The van der Waals surface area contributed by atoms with Crippen LogP contribution in [0.25, 0.3) is 0 Å². The minimum atomic E-state index is -0.0662. The molecule has 1 aliphatic rings. The lowest BCUT2D eigenvalue weighted by Gasteiger charge is -2.27. The lowest BCUT2D eigenvalue weighted by atomic mass is 10.1. The van der Waals surface area contributed by atoms with E-state index in [0.717, 1.165) is 12.4 Å². The predicted octanol–water partition coefficient (Wildman–Crippen LogP) is 1.77. The Balaban J connectivity index is 1.85. The van der Waals surface area contributed by atoms with Gasteiger partial charge in [-0.3, -0.25) is 4.79 Å². The average molecular weight is 277 g/mol. The molecule has 2 heterocycles. The van der Waals surface area contributed by atoms with Crippen molar-refractivity contribution in [3.8, 4) is 0 Å². The molecule has 0 radical (unpaired) electrons. The van der Waals surface area contributed by atoms with Gasteiger partial charge >= 0.3 is 0 Å². The van der Waals surface area contributed by atoms with Crippen molar-refractivity contribution < 1.29 is 4.79 Å². The van der Waals surface area contributed by atoms with Gasteiger partial charge in [-0.25, -0.2) is 4.98 Å². The Labute approximate surface area is 115 Å². The second-order valence-electron chi connectivity index (χ2n) is 4.54. The van der Waals surface area contributed by atoms with Crippen LogP contribution in [-0.4, -0.2) is 26.9 Å². The highest BCUT2D eigenvalue weighted by Gasteiger charge is 2.22. The normalized spacial score (nSPS) is 14.3. The van der Waals surface area contributed by atoms with Crippen molar-refractivity contribution in [3.63, 3.8) is 0 Å². The summed E-state index contributed by atoms with van der Waals surface area (Å²) in [5.41, 5.74) is 6.73. The van der Waals surface area contributed by atoms with E-state index in [4.69, 9.17) is 17.3 Å². The molecule has 1 aromatic heterocycles. The number of rotatable bonds is 1. The standard InChI is InChI=1S/C13H13ClN4O/c14-10-5-9(6-11(15)7-10)13(19)18-4-3-17-2-1-16-12(17)8-18/h1-2,5-7H,3-4,8,15H2. The number of halogens is 1. The van der Waals surface area contributed by atoms with Crippen molar-refractivity contribution in [1.82, 2.24) is 14.5 Å². The Kier molecular flexibility index (Phi) is 2.91. The first-order chi connectivity index (χ1) is 9.13. The first-order valence-corrected chi connectivity index (χ1v) is 6.36. The predicted molar refractivity (Wildman–Crippen MR) is 72.8 cm³/mol. The Hall–Kier alpha value is -2.01. The number of fused-ring (bicyclic) bond motifs is 1. The molecule has 0 saturated carbocycles. The third-order valence-electron chi connectivity index (χ3n) is 3.20. The number of aromatic nitrogens is 2. The number of nitrogens with two attached hydrogens (primary N) is 1. The van der Waals surface area contributed by atoms with E-state index in [2.05, 4.69) is 9.55 Å². The summed E-state index contributed by atoms with van der Waals surface area (Å²) in [5, 5.41) is 0.474. The Morgan fingerprint density at radius 2 is 2.16 bits per heavy atom. The number of carbonyl (C=O) groups is 1. The van der Waals surface area contributed by atoms with E-state index in [1.807, 2.05) is 6.20 Å². The minimum absolute atomic E-state index is 0.0662. The molecule has 0 atom stereocenters. The fraction of sp³-hybridized carbons (Fsp3) is 0.231. The van der Waals surface area contributed by atoms with Crippen LogP contribution in [-0.2, 0) is 13.1 Å². The monoisotopic (exact) mass is 276 g/mol. The van der Waals surface area contributed by atoms with E-state index in [1.165, 1.54) is 0 Å². The molecule has 0 bridgehead atoms. The number of amides is 1. The number of nitrogens with zero attached hydrogens (tertiary/aromatic N) is 3. The van der Waals surface area contributed by atoms with E-state index < -0.39 is 0 Å². The van der Waals surface area contributed by atoms with Gasteiger partial charge in [-0.2, -0.15) is 0 Å². The quantitative estimate of drug-likeness (QED) is 0.808. The third kappa shape index (κ3) is 2.29. The molecule has 1 amide bonds. The molecule has 1 aromatic carbocycles. The summed E-state index contributed by atoms with van der Waals surface area (Å²) in [6, 6.07) is 4.91. The number of hydrogen-bond acceptors (Lipinski definition) is 3. The van der Waals surface area contributed by atoms with E-state index in [9.17, 15) is 4.79 Å². The van der Waals surface area contributed by atoms with Gasteiger partial charge in [0.05, 0.1) is 6.54 Å². The van der Waals surface area contributed by atoms with Gasteiger partial charge in [-0.15, -0.1) is 0 Å². The van der Waals surface area contributed by atoms with Crippen LogP contribution in [0.3, 0.4) is 0 Å². The molecule has 0 unspecified atom stereocenters. The fourth-order valence-corrected chi connectivity index (χ4v) is 2.51. The number of anilines is 1. The SMILES string of the molecule is Nc1cc(Cl)cc(C(=O)N2CCn3ccnc3C2)c1. The lowest BCUT2D eigenvalue weighted by molar-refractivity contribution is 0.0707. The second kappa shape index (κ2) is 4.59. The van der Waals surface area contributed by atoms with Crippen LogP contribution in [0.2, 0.25) is 5.02 Å². The molecule has 0 fully saturated rings. The van der Waals surface area contributed by atoms with Gasteiger partial charge in [0.1, 0.15) is 5.82 Å². The highest BCUT2D eigenvalue weighted by Crippen LogP contribution is 2.20. The molecule has 5 nitrogen and oxygen atoms in total. The van der Waals surface area contributed by atoms with Crippen molar-refractivity contribution in [1.29, 1.82) is 0 Å². The zero-order valence-electron chi connectivity index (χ0n) is 10.2.